The molecule has 5 nitrogen and oxygen atoms in total. The van der Waals surface area contributed by atoms with Crippen molar-refractivity contribution in [1.82, 2.24) is 14.9 Å². The van der Waals surface area contributed by atoms with Crippen molar-refractivity contribution in [3.05, 3.63) is 70.2 Å². The van der Waals surface area contributed by atoms with Crippen LogP contribution in [0.2, 0.25) is 0 Å². The van der Waals surface area contributed by atoms with Crippen LogP contribution in [-0.2, 0) is 11.2 Å². The zero-order valence-electron chi connectivity index (χ0n) is 18.4. The van der Waals surface area contributed by atoms with E-state index in [9.17, 15) is 4.79 Å². The first kappa shape index (κ1) is 20.8. The normalized spacial score (nSPS) is 14.8. The Morgan fingerprint density at radius 1 is 1.19 bits per heavy atom. The molecular formula is C26H27N3O2S. The predicted molar refractivity (Wildman–Crippen MR) is 129 cm³/mol. The lowest BCUT2D eigenvalue weighted by Gasteiger charge is -2.32. The molecule has 0 saturated carbocycles. The number of fused-ring (bicyclic) bond motifs is 1. The molecule has 5 rings (SSSR count). The molecule has 32 heavy (non-hydrogen) atoms. The van der Waals surface area contributed by atoms with Gasteiger partial charge in [0, 0.05) is 41.1 Å². The number of thiazole rings is 1. The first-order valence-corrected chi connectivity index (χ1v) is 11.9. The number of hydrogen-bond acceptors (Lipinski definition) is 4. The average Bonchev–Trinajstić information content (AvgIpc) is 3.45. The summed E-state index contributed by atoms with van der Waals surface area (Å²) in [4.78, 5) is 22.8. The van der Waals surface area contributed by atoms with Gasteiger partial charge in [-0.3, -0.25) is 4.79 Å². The summed E-state index contributed by atoms with van der Waals surface area (Å²) < 4.78 is 5.40. The third kappa shape index (κ3) is 4.15. The fourth-order valence-electron chi connectivity index (χ4n) is 4.60. The third-order valence-corrected chi connectivity index (χ3v) is 7.21. The van der Waals surface area contributed by atoms with Crippen LogP contribution in [0.25, 0.3) is 22.2 Å². The Morgan fingerprint density at radius 3 is 2.66 bits per heavy atom. The van der Waals surface area contributed by atoms with Crippen LogP contribution >= 0.6 is 11.3 Å². The second-order valence-electron chi connectivity index (χ2n) is 8.44. The van der Waals surface area contributed by atoms with E-state index >= 15 is 0 Å². The molecule has 0 radical (unpaired) electrons. The molecule has 164 valence electrons. The SMILES string of the molecule is COc1ccc2[nH]cc(C3CCN(C(=O)Cc4ccc(-c5csc(C)n5)cc4)CC3)c2c1. The topological polar surface area (TPSA) is 58.2 Å². The summed E-state index contributed by atoms with van der Waals surface area (Å²) in [5.74, 6) is 1.55. The van der Waals surface area contributed by atoms with E-state index < -0.39 is 0 Å². The Balaban J connectivity index is 1.20. The van der Waals surface area contributed by atoms with Gasteiger partial charge in [-0.05, 0) is 55.0 Å². The van der Waals surface area contributed by atoms with Crippen LogP contribution < -0.4 is 4.74 Å². The number of benzene rings is 2. The lowest BCUT2D eigenvalue weighted by molar-refractivity contribution is -0.131. The number of aryl methyl sites for hydroxylation is 1. The molecule has 1 fully saturated rings. The molecule has 4 aromatic rings. The molecule has 1 aliphatic heterocycles. The zero-order valence-corrected chi connectivity index (χ0v) is 19.2. The van der Waals surface area contributed by atoms with Gasteiger partial charge in [-0.15, -0.1) is 11.3 Å². The summed E-state index contributed by atoms with van der Waals surface area (Å²) in [5.41, 5.74) is 5.62. The van der Waals surface area contributed by atoms with Gasteiger partial charge in [0.25, 0.3) is 0 Å². The third-order valence-electron chi connectivity index (χ3n) is 6.43. The van der Waals surface area contributed by atoms with Crippen LogP contribution in [0, 0.1) is 6.92 Å². The van der Waals surface area contributed by atoms with E-state index in [1.165, 1.54) is 10.9 Å². The maximum atomic E-state index is 12.9. The molecule has 0 bridgehead atoms. The van der Waals surface area contributed by atoms with Gasteiger partial charge in [0.15, 0.2) is 0 Å². The van der Waals surface area contributed by atoms with E-state index in [0.717, 1.165) is 59.0 Å². The van der Waals surface area contributed by atoms with Gasteiger partial charge in [-0.2, -0.15) is 0 Å². The number of aromatic nitrogens is 2. The highest BCUT2D eigenvalue weighted by Gasteiger charge is 2.25. The number of carbonyl (C=O) groups is 1. The quantitative estimate of drug-likeness (QED) is 0.438. The maximum Gasteiger partial charge on any atom is 0.226 e. The lowest BCUT2D eigenvalue weighted by Crippen LogP contribution is -2.38. The maximum absolute atomic E-state index is 12.9. The number of carbonyl (C=O) groups excluding carboxylic acids is 1. The van der Waals surface area contributed by atoms with Crippen molar-refractivity contribution in [2.75, 3.05) is 20.2 Å². The number of ether oxygens (including phenoxy) is 1. The Morgan fingerprint density at radius 2 is 1.97 bits per heavy atom. The summed E-state index contributed by atoms with van der Waals surface area (Å²) in [6.45, 7) is 3.62. The number of H-pyrrole nitrogens is 1. The van der Waals surface area contributed by atoms with E-state index in [4.69, 9.17) is 4.74 Å². The second-order valence-corrected chi connectivity index (χ2v) is 9.50. The van der Waals surface area contributed by atoms with Crippen molar-refractivity contribution >= 4 is 28.1 Å². The molecule has 1 aliphatic rings. The monoisotopic (exact) mass is 445 g/mol. The van der Waals surface area contributed by atoms with Gasteiger partial charge in [0.1, 0.15) is 5.75 Å². The van der Waals surface area contributed by atoms with E-state index in [0.29, 0.717) is 12.3 Å². The largest absolute Gasteiger partial charge is 0.497 e. The second kappa shape index (κ2) is 8.79. The van der Waals surface area contributed by atoms with Gasteiger partial charge in [0.2, 0.25) is 5.91 Å². The van der Waals surface area contributed by atoms with Crippen LogP contribution in [0.1, 0.15) is 34.9 Å². The number of amides is 1. The summed E-state index contributed by atoms with van der Waals surface area (Å²) in [6.07, 6.45) is 4.54. The number of nitrogens with one attached hydrogen (secondary N) is 1. The number of aromatic amines is 1. The average molecular weight is 446 g/mol. The molecule has 1 N–H and O–H groups in total. The number of nitrogens with zero attached hydrogens (tertiary/aromatic N) is 2. The Labute approximate surface area is 192 Å². The Hall–Kier alpha value is -3.12. The van der Waals surface area contributed by atoms with E-state index in [2.05, 4.69) is 45.8 Å². The van der Waals surface area contributed by atoms with Crippen LogP contribution in [0.3, 0.4) is 0 Å². The molecule has 0 unspecified atom stereocenters. The number of hydrogen-bond donors (Lipinski definition) is 1. The van der Waals surface area contributed by atoms with Crippen LogP contribution in [0.4, 0.5) is 0 Å². The molecule has 0 atom stereocenters. The minimum absolute atomic E-state index is 0.210. The van der Waals surface area contributed by atoms with Crippen molar-refractivity contribution in [2.45, 2.75) is 32.1 Å². The van der Waals surface area contributed by atoms with Gasteiger partial charge in [-0.1, -0.05) is 24.3 Å². The fraction of sp³-hybridized carbons (Fsp3) is 0.308. The van der Waals surface area contributed by atoms with Crippen molar-refractivity contribution in [1.29, 1.82) is 0 Å². The van der Waals surface area contributed by atoms with E-state index in [1.807, 2.05) is 30.0 Å². The van der Waals surface area contributed by atoms with Crippen molar-refractivity contribution in [2.24, 2.45) is 0 Å². The van der Waals surface area contributed by atoms with Crippen LogP contribution in [0.15, 0.2) is 54.0 Å². The minimum Gasteiger partial charge on any atom is -0.497 e. The molecular weight excluding hydrogens is 418 g/mol. The van der Waals surface area contributed by atoms with E-state index in [1.54, 1.807) is 18.4 Å². The highest BCUT2D eigenvalue weighted by Crippen LogP contribution is 2.35. The molecule has 0 aliphatic carbocycles. The molecule has 2 aromatic heterocycles. The van der Waals surface area contributed by atoms with E-state index in [-0.39, 0.29) is 5.91 Å². The zero-order chi connectivity index (χ0) is 22.1. The standard InChI is InChI=1S/C26H27N3O2S/c1-17-28-25(16-32-17)20-5-3-18(4-6-20)13-26(30)29-11-9-19(10-12-29)23-15-27-24-8-7-21(31-2)14-22(23)24/h3-8,14-16,19,27H,9-13H2,1-2H3. The molecule has 3 heterocycles. The fourth-order valence-corrected chi connectivity index (χ4v) is 5.22. The first-order valence-electron chi connectivity index (χ1n) is 11.0. The summed E-state index contributed by atoms with van der Waals surface area (Å²) >= 11 is 1.65. The number of methoxy groups -OCH3 is 1. The van der Waals surface area contributed by atoms with Crippen molar-refractivity contribution in [3.63, 3.8) is 0 Å². The van der Waals surface area contributed by atoms with Gasteiger partial charge in [0.05, 0.1) is 24.2 Å². The summed E-state index contributed by atoms with van der Waals surface area (Å²) in [7, 11) is 1.70. The lowest BCUT2D eigenvalue weighted by atomic mass is 9.89. The minimum atomic E-state index is 0.210. The summed E-state index contributed by atoms with van der Waals surface area (Å²) in [6, 6.07) is 14.4. The molecule has 1 amide bonds. The van der Waals surface area contributed by atoms with Crippen LogP contribution in [0.5, 0.6) is 5.75 Å². The number of rotatable bonds is 5. The molecule has 1 saturated heterocycles. The molecule has 2 aromatic carbocycles. The highest BCUT2D eigenvalue weighted by atomic mass is 32.1. The summed E-state index contributed by atoms with van der Waals surface area (Å²) in [5, 5.41) is 4.36. The number of piperidine rings is 1. The van der Waals surface area contributed by atoms with Crippen LogP contribution in [-0.4, -0.2) is 41.0 Å². The highest BCUT2D eigenvalue weighted by molar-refractivity contribution is 7.09. The first-order chi connectivity index (χ1) is 15.6. The van der Waals surface area contributed by atoms with Crippen molar-refractivity contribution < 1.29 is 9.53 Å². The van der Waals surface area contributed by atoms with Gasteiger partial charge < -0.3 is 14.6 Å². The molecule has 6 heteroatoms. The van der Waals surface area contributed by atoms with Gasteiger partial charge >= 0.3 is 0 Å². The Kier molecular flexibility index (Phi) is 5.70. The number of likely N-dealkylation sites (tertiary alicyclic amines) is 1. The van der Waals surface area contributed by atoms with Gasteiger partial charge in [-0.25, -0.2) is 4.98 Å². The van der Waals surface area contributed by atoms with Crippen molar-refractivity contribution in [3.8, 4) is 17.0 Å². The Bertz CT molecular complexity index is 1230. The smallest absolute Gasteiger partial charge is 0.226 e. The molecule has 0 spiro atoms. The predicted octanol–water partition coefficient (Wildman–Crippen LogP) is 5.56.